The van der Waals surface area contributed by atoms with Crippen LogP contribution in [0.25, 0.3) is 10.2 Å². The second-order valence-corrected chi connectivity index (χ2v) is 7.89. The molecule has 4 rings (SSSR count). The van der Waals surface area contributed by atoms with Crippen LogP contribution in [0, 0.1) is 11.3 Å². The molecule has 27 heavy (non-hydrogen) atoms. The number of ether oxygens (including phenoxy) is 1. The Kier molecular flexibility index (Phi) is 4.95. The lowest BCUT2D eigenvalue weighted by Crippen LogP contribution is -2.26. The van der Waals surface area contributed by atoms with Gasteiger partial charge in [0.2, 0.25) is 0 Å². The lowest BCUT2D eigenvalue weighted by Gasteiger charge is -2.12. The number of benzene rings is 1. The van der Waals surface area contributed by atoms with Gasteiger partial charge < -0.3 is 4.74 Å². The number of hydrogen-bond donors (Lipinski definition) is 0. The van der Waals surface area contributed by atoms with Gasteiger partial charge in [0.05, 0.1) is 18.6 Å². The van der Waals surface area contributed by atoms with E-state index in [1.807, 2.05) is 24.3 Å². The Morgan fingerprint density at radius 1 is 1.30 bits per heavy atom. The number of unbranched alkanes of at least 4 members (excludes halogenated alkanes) is 1. The Morgan fingerprint density at radius 2 is 2.11 bits per heavy atom. The van der Waals surface area contributed by atoms with Crippen LogP contribution in [0.15, 0.2) is 29.1 Å². The lowest BCUT2D eigenvalue weighted by atomic mass is 10.1. The SMILES string of the molecule is COc1ccc(Cc2nc3sc4c(c3c(=O)n2CCCC#N)CCC4)cc1. The van der Waals surface area contributed by atoms with E-state index in [9.17, 15) is 4.79 Å². The van der Waals surface area contributed by atoms with Crippen molar-refractivity contribution in [2.75, 3.05) is 7.11 Å². The van der Waals surface area contributed by atoms with Crippen LogP contribution in [0.1, 0.15) is 41.1 Å². The highest BCUT2D eigenvalue weighted by molar-refractivity contribution is 7.18. The molecule has 0 N–H and O–H groups in total. The molecule has 0 spiro atoms. The average Bonchev–Trinajstić information content (AvgIpc) is 3.25. The number of methoxy groups -OCH3 is 1. The predicted octanol–water partition coefficient (Wildman–Crippen LogP) is 3.85. The monoisotopic (exact) mass is 379 g/mol. The summed E-state index contributed by atoms with van der Waals surface area (Å²) in [5.41, 5.74) is 2.35. The van der Waals surface area contributed by atoms with Crippen molar-refractivity contribution in [3.8, 4) is 11.8 Å². The maximum atomic E-state index is 13.3. The molecule has 0 fully saturated rings. The van der Waals surface area contributed by atoms with E-state index in [0.29, 0.717) is 25.8 Å². The number of fused-ring (bicyclic) bond motifs is 3. The Bertz CT molecular complexity index is 1070. The predicted molar refractivity (Wildman–Crippen MR) is 107 cm³/mol. The maximum Gasteiger partial charge on any atom is 0.262 e. The van der Waals surface area contributed by atoms with Gasteiger partial charge in [0.1, 0.15) is 16.4 Å². The second-order valence-electron chi connectivity index (χ2n) is 6.81. The fourth-order valence-electron chi connectivity index (χ4n) is 3.73. The third-order valence-corrected chi connectivity index (χ3v) is 6.28. The molecule has 0 amide bonds. The minimum absolute atomic E-state index is 0.0563. The largest absolute Gasteiger partial charge is 0.497 e. The van der Waals surface area contributed by atoms with Gasteiger partial charge in [-0.05, 0) is 48.9 Å². The summed E-state index contributed by atoms with van der Waals surface area (Å²) in [4.78, 5) is 20.3. The Balaban J connectivity index is 1.78. The van der Waals surface area contributed by atoms with Crippen LogP contribution in [0.4, 0.5) is 0 Å². The zero-order chi connectivity index (χ0) is 18.8. The first-order chi connectivity index (χ1) is 13.2. The quantitative estimate of drug-likeness (QED) is 0.610. The molecule has 1 aliphatic rings. The molecular weight excluding hydrogens is 358 g/mol. The summed E-state index contributed by atoms with van der Waals surface area (Å²) in [7, 11) is 1.65. The van der Waals surface area contributed by atoms with Crippen molar-refractivity contribution >= 4 is 21.6 Å². The van der Waals surface area contributed by atoms with E-state index in [1.165, 1.54) is 10.4 Å². The number of rotatable bonds is 6. The summed E-state index contributed by atoms with van der Waals surface area (Å²) < 4.78 is 7.01. The van der Waals surface area contributed by atoms with Gasteiger partial charge >= 0.3 is 0 Å². The summed E-state index contributed by atoms with van der Waals surface area (Å²) in [6.45, 7) is 0.533. The Morgan fingerprint density at radius 3 is 2.85 bits per heavy atom. The summed E-state index contributed by atoms with van der Waals surface area (Å²) in [5, 5.41) is 9.68. The average molecular weight is 379 g/mol. The Hall–Kier alpha value is -2.65. The molecule has 138 valence electrons. The molecule has 0 atom stereocenters. The van der Waals surface area contributed by atoms with Crippen LogP contribution in [-0.2, 0) is 25.8 Å². The third kappa shape index (κ3) is 3.35. The molecule has 0 aliphatic heterocycles. The van der Waals surface area contributed by atoms with Gasteiger partial charge in [-0.25, -0.2) is 4.98 Å². The van der Waals surface area contributed by atoms with E-state index in [4.69, 9.17) is 15.0 Å². The van der Waals surface area contributed by atoms with E-state index in [-0.39, 0.29) is 5.56 Å². The number of hydrogen-bond acceptors (Lipinski definition) is 5. The molecule has 2 aromatic heterocycles. The van der Waals surface area contributed by atoms with Gasteiger partial charge in [-0.3, -0.25) is 9.36 Å². The van der Waals surface area contributed by atoms with Crippen LogP contribution < -0.4 is 10.3 Å². The normalized spacial score (nSPS) is 12.9. The fourth-order valence-corrected chi connectivity index (χ4v) is 5.00. The topological polar surface area (TPSA) is 67.9 Å². The van der Waals surface area contributed by atoms with Gasteiger partial charge in [-0.15, -0.1) is 11.3 Å². The van der Waals surface area contributed by atoms with Crippen molar-refractivity contribution < 1.29 is 4.74 Å². The molecule has 0 radical (unpaired) electrons. The number of nitriles is 1. The molecule has 2 heterocycles. The summed E-state index contributed by atoms with van der Waals surface area (Å²) >= 11 is 1.67. The fraction of sp³-hybridized carbons (Fsp3) is 0.381. The van der Waals surface area contributed by atoms with Crippen LogP contribution >= 0.6 is 11.3 Å². The van der Waals surface area contributed by atoms with E-state index in [1.54, 1.807) is 23.0 Å². The van der Waals surface area contributed by atoms with Gasteiger partial charge in [-0.2, -0.15) is 5.26 Å². The number of nitrogens with zero attached hydrogens (tertiary/aromatic N) is 3. The minimum atomic E-state index is 0.0563. The van der Waals surface area contributed by atoms with E-state index in [2.05, 4.69) is 6.07 Å². The highest BCUT2D eigenvalue weighted by Gasteiger charge is 2.23. The van der Waals surface area contributed by atoms with Crippen molar-refractivity contribution in [1.82, 2.24) is 9.55 Å². The van der Waals surface area contributed by atoms with Crippen LogP contribution in [-0.4, -0.2) is 16.7 Å². The molecule has 5 nitrogen and oxygen atoms in total. The summed E-state index contributed by atoms with van der Waals surface area (Å²) in [5.74, 6) is 1.58. The number of thiophene rings is 1. The molecule has 0 saturated heterocycles. The third-order valence-electron chi connectivity index (χ3n) is 5.10. The molecule has 3 aromatic rings. The van der Waals surface area contributed by atoms with Crippen molar-refractivity contribution in [2.24, 2.45) is 0 Å². The first-order valence-electron chi connectivity index (χ1n) is 9.25. The van der Waals surface area contributed by atoms with E-state index >= 15 is 0 Å². The van der Waals surface area contributed by atoms with Crippen LogP contribution in [0.5, 0.6) is 5.75 Å². The van der Waals surface area contributed by atoms with Crippen molar-refractivity contribution in [3.05, 3.63) is 56.4 Å². The van der Waals surface area contributed by atoms with Crippen molar-refractivity contribution in [3.63, 3.8) is 0 Å². The number of aromatic nitrogens is 2. The molecule has 0 unspecified atom stereocenters. The Labute approximate surface area is 161 Å². The number of aryl methyl sites for hydroxylation is 2. The van der Waals surface area contributed by atoms with Gasteiger partial charge in [0, 0.05) is 24.3 Å². The van der Waals surface area contributed by atoms with Crippen LogP contribution in [0.2, 0.25) is 0 Å². The zero-order valence-electron chi connectivity index (χ0n) is 15.3. The molecular formula is C21H21N3O2S. The molecule has 1 aromatic carbocycles. The van der Waals surface area contributed by atoms with Gasteiger partial charge in [-0.1, -0.05) is 12.1 Å². The standard InChI is InChI=1S/C21H21N3O2S/c1-26-15-9-7-14(8-10-15)13-18-23-20-19(16-5-4-6-17(16)27-20)21(25)24(18)12-3-2-11-22/h7-10H,2-6,12-13H2,1H3. The molecule has 0 saturated carbocycles. The van der Waals surface area contributed by atoms with Crippen molar-refractivity contribution in [2.45, 2.75) is 45.1 Å². The minimum Gasteiger partial charge on any atom is -0.497 e. The highest BCUT2D eigenvalue weighted by Crippen LogP contribution is 2.35. The maximum absolute atomic E-state index is 13.3. The smallest absolute Gasteiger partial charge is 0.262 e. The van der Waals surface area contributed by atoms with Gasteiger partial charge in [0.15, 0.2) is 0 Å². The summed E-state index contributed by atoms with van der Waals surface area (Å²) in [6.07, 6.45) is 4.84. The zero-order valence-corrected chi connectivity index (χ0v) is 16.1. The van der Waals surface area contributed by atoms with Crippen molar-refractivity contribution in [1.29, 1.82) is 5.26 Å². The first kappa shape index (κ1) is 17.7. The lowest BCUT2D eigenvalue weighted by molar-refractivity contribution is 0.414. The second kappa shape index (κ2) is 7.53. The summed E-state index contributed by atoms with van der Waals surface area (Å²) in [6, 6.07) is 10.0. The molecule has 6 heteroatoms. The molecule has 0 bridgehead atoms. The van der Waals surface area contributed by atoms with E-state index in [0.717, 1.165) is 46.6 Å². The van der Waals surface area contributed by atoms with Gasteiger partial charge in [0.25, 0.3) is 5.56 Å². The van der Waals surface area contributed by atoms with Crippen LogP contribution in [0.3, 0.4) is 0 Å². The highest BCUT2D eigenvalue weighted by atomic mass is 32.1. The van der Waals surface area contributed by atoms with E-state index < -0.39 is 0 Å². The molecule has 1 aliphatic carbocycles. The first-order valence-corrected chi connectivity index (χ1v) is 10.1.